The van der Waals surface area contributed by atoms with E-state index in [2.05, 4.69) is 27.6 Å². The molecule has 0 saturated carbocycles. The van der Waals surface area contributed by atoms with E-state index < -0.39 is 6.10 Å². The average Bonchev–Trinajstić information content (AvgIpc) is 2.90. The van der Waals surface area contributed by atoms with Crippen molar-refractivity contribution >= 4 is 38.9 Å². The van der Waals surface area contributed by atoms with Crippen molar-refractivity contribution in [3.63, 3.8) is 0 Å². The van der Waals surface area contributed by atoms with Crippen molar-refractivity contribution in [1.82, 2.24) is 9.38 Å². The Balaban J connectivity index is 1.84. The number of aromatic nitrogens is 2. The Morgan fingerprint density at radius 2 is 2.22 bits per heavy atom. The van der Waals surface area contributed by atoms with Crippen molar-refractivity contribution in [2.75, 3.05) is 0 Å². The van der Waals surface area contributed by atoms with Crippen molar-refractivity contribution in [2.45, 2.75) is 12.5 Å². The molecule has 0 spiro atoms. The highest BCUT2D eigenvalue weighted by Gasteiger charge is 2.13. The number of aliphatic hydroxyl groups is 1. The highest BCUT2D eigenvalue weighted by atomic mass is 127. The van der Waals surface area contributed by atoms with E-state index in [4.69, 9.17) is 0 Å². The zero-order chi connectivity index (χ0) is 12.5. The van der Waals surface area contributed by atoms with Crippen molar-refractivity contribution < 1.29 is 5.11 Å². The summed E-state index contributed by atoms with van der Waals surface area (Å²) in [5.41, 5.74) is 1.89. The fourth-order valence-electron chi connectivity index (χ4n) is 1.93. The second kappa shape index (κ2) is 4.99. The normalized spacial score (nSPS) is 13.0. The van der Waals surface area contributed by atoms with Gasteiger partial charge >= 0.3 is 0 Å². The minimum absolute atomic E-state index is 0.497. The molecule has 0 radical (unpaired) electrons. The van der Waals surface area contributed by atoms with E-state index in [1.807, 2.05) is 46.4 Å². The van der Waals surface area contributed by atoms with Crippen LogP contribution in [0.2, 0.25) is 0 Å². The molecule has 0 amide bonds. The van der Waals surface area contributed by atoms with Gasteiger partial charge in [0.25, 0.3) is 0 Å². The zero-order valence-electron chi connectivity index (χ0n) is 9.45. The van der Waals surface area contributed by atoms with E-state index in [1.165, 1.54) is 0 Å². The van der Waals surface area contributed by atoms with E-state index in [1.54, 1.807) is 11.3 Å². The number of imidazole rings is 1. The molecule has 2 heterocycles. The molecule has 0 aliphatic rings. The van der Waals surface area contributed by atoms with Gasteiger partial charge in [0.15, 0.2) is 4.96 Å². The molecule has 3 rings (SSSR count). The van der Waals surface area contributed by atoms with Gasteiger partial charge in [-0.05, 0) is 34.2 Å². The van der Waals surface area contributed by atoms with Crippen LogP contribution in [0.3, 0.4) is 0 Å². The first-order chi connectivity index (χ1) is 8.74. The molecule has 92 valence electrons. The highest BCUT2D eigenvalue weighted by Crippen LogP contribution is 2.23. The largest absolute Gasteiger partial charge is 0.388 e. The van der Waals surface area contributed by atoms with Crippen LogP contribution in [0.15, 0.2) is 42.0 Å². The SMILES string of the molecule is OC(Cc1cn2ccsc2n1)c1ccccc1I. The van der Waals surface area contributed by atoms with E-state index in [-0.39, 0.29) is 0 Å². The number of rotatable bonds is 3. The van der Waals surface area contributed by atoms with Gasteiger partial charge in [-0.25, -0.2) is 4.98 Å². The standard InChI is InChI=1S/C13H11IN2OS/c14-11-4-2-1-3-10(11)12(17)7-9-8-16-5-6-18-13(16)15-9/h1-6,8,12,17H,7H2. The fourth-order valence-corrected chi connectivity index (χ4v) is 3.39. The summed E-state index contributed by atoms with van der Waals surface area (Å²) in [4.78, 5) is 5.46. The molecule has 1 aromatic carbocycles. The van der Waals surface area contributed by atoms with Gasteiger partial charge in [-0.2, -0.15) is 0 Å². The Bertz CT molecular complexity index is 648. The van der Waals surface area contributed by atoms with Crippen molar-refractivity contribution in [3.8, 4) is 0 Å². The second-order valence-electron chi connectivity index (χ2n) is 4.07. The lowest BCUT2D eigenvalue weighted by molar-refractivity contribution is 0.176. The van der Waals surface area contributed by atoms with Crippen LogP contribution in [0.1, 0.15) is 17.4 Å². The van der Waals surface area contributed by atoms with E-state index >= 15 is 0 Å². The molecular weight excluding hydrogens is 359 g/mol. The first-order valence-corrected chi connectivity index (χ1v) is 7.53. The number of aliphatic hydroxyl groups excluding tert-OH is 1. The average molecular weight is 370 g/mol. The molecule has 0 saturated heterocycles. The fraction of sp³-hybridized carbons (Fsp3) is 0.154. The van der Waals surface area contributed by atoms with Crippen molar-refractivity contribution in [2.24, 2.45) is 0 Å². The molecule has 5 heteroatoms. The number of hydrogen-bond donors (Lipinski definition) is 1. The monoisotopic (exact) mass is 370 g/mol. The summed E-state index contributed by atoms with van der Waals surface area (Å²) < 4.78 is 3.08. The molecule has 2 aromatic heterocycles. The maximum Gasteiger partial charge on any atom is 0.193 e. The molecule has 1 N–H and O–H groups in total. The highest BCUT2D eigenvalue weighted by molar-refractivity contribution is 14.1. The summed E-state index contributed by atoms with van der Waals surface area (Å²) in [5, 5.41) is 12.3. The Labute approximate surface area is 122 Å². The Hall–Kier alpha value is -0.920. The first kappa shape index (κ1) is 12.1. The summed E-state index contributed by atoms with van der Waals surface area (Å²) in [7, 11) is 0. The molecule has 1 atom stereocenters. The second-order valence-corrected chi connectivity index (χ2v) is 6.10. The summed E-state index contributed by atoms with van der Waals surface area (Å²) >= 11 is 3.85. The van der Waals surface area contributed by atoms with Crippen molar-refractivity contribution in [1.29, 1.82) is 0 Å². The van der Waals surface area contributed by atoms with Gasteiger partial charge in [-0.3, -0.25) is 4.40 Å². The summed E-state index contributed by atoms with van der Waals surface area (Å²) in [5.74, 6) is 0. The lowest BCUT2D eigenvalue weighted by Crippen LogP contribution is -2.03. The van der Waals surface area contributed by atoms with Crippen molar-refractivity contribution in [3.05, 3.63) is 56.9 Å². The third-order valence-corrected chi connectivity index (χ3v) is 4.56. The zero-order valence-corrected chi connectivity index (χ0v) is 12.4. The third kappa shape index (κ3) is 2.30. The first-order valence-electron chi connectivity index (χ1n) is 5.57. The molecule has 3 aromatic rings. The molecule has 18 heavy (non-hydrogen) atoms. The van der Waals surface area contributed by atoms with Crippen LogP contribution in [0.4, 0.5) is 0 Å². The lowest BCUT2D eigenvalue weighted by Gasteiger charge is -2.11. The summed E-state index contributed by atoms with van der Waals surface area (Å²) in [6, 6.07) is 7.90. The van der Waals surface area contributed by atoms with Crippen LogP contribution < -0.4 is 0 Å². The topological polar surface area (TPSA) is 37.5 Å². The Kier molecular flexibility index (Phi) is 3.36. The van der Waals surface area contributed by atoms with Gasteiger partial charge in [0.2, 0.25) is 0 Å². The molecule has 3 nitrogen and oxygen atoms in total. The molecule has 0 fully saturated rings. The smallest absolute Gasteiger partial charge is 0.193 e. The summed E-state index contributed by atoms with van der Waals surface area (Å²) in [6.45, 7) is 0. The third-order valence-electron chi connectivity index (χ3n) is 2.81. The number of benzene rings is 1. The van der Waals surface area contributed by atoms with Crippen LogP contribution >= 0.6 is 33.9 Å². The minimum atomic E-state index is -0.497. The number of fused-ring (bicyclic) bond motifs is 1. The molecule has 1 unspecified atom stereocenters. The number of halogens is 1. The van der Waals surface area contributed by atoms with Gasteiger partial charge in [0, 0.05) is 27.8 Å². The Morgan fingerprint density at radius 1 is 1.39 bits per heavy atom. The maximum atomic E-state index is 10.3. The molecular formula is C13H11IN2OS. The van der Waals surface area contributed by atoms with Crippen LogP contribution in [-0.4, -0.2) is 14.5 Å². The van der Waals surface area contributed by atoms with E-state index in [0.29, 0.717) is 6.42 Å². The van der Waals surface area contributed by atoms with E-state index in [9.17, 15) is 5.11 Å². The van der Waals surface area contributed by atoms with Crippen LogP contribution in [-0.2, 0) is 6.42 Å². The molecule has 0 bridgehead atoms. The van der Waals surface area contributed by atoms with E-state index in [0.717, 1.165) is 19.8 Å². The van der Waals surface area contributed by atoms with Crippen LogP contribution in [0.5, 0.6) is 0 Å². The Morgan fingerprint density at radius 3 is 3.00 bits per heavy atom. The lowest BCUT2D eigenvalue weighted by atomic mass is 10.1. The number of hydrogen-bond acceptors (Lipinski definition) is 3. The number of thiazole rings is 1. The molecule has 0 aliphatic heterocycles. The predicted molar refractivity (Wildman–Crippen MR) is 80.9 cm³/mol. The number of nitrogens with zero attached hydrogens (tertiary/aromatic N) is 2. The van der Waals surface area contributed by atoms with Gasteiger partial charge in [-0.1, -0.05) is 18.2 Å². The van der Waals surface area contributed by atoms with Crippen LogP contribution in [0, 0.1) is 3.57 Å². The summed E-state index contributed by atoms with van der Waals surface area (Å²) in [6.07, 6.45) is 4.01. The van der Waals surface area contributed by atoms with Gasteiger partial charge in [-0.15, -0.1) is 11.3 Å². The van der Waals surface area contributed by atoms with Gasteiger partial charge in [0.1, 0.15) is 0 Å². The van der Waals surface area contributed by atoms with Gasteiger partial charge in [0.05, 0.1) is 11.8 Å². The quantitative estimate of drug-likeness (QED) is 0.719. The van der Waals surface area contributed by atoms with Gasteiger partial charge < -0.3 is 5.11 Å². The van der Waals surface area contributed by atoms with Crippen LogP contribution in [0.25, 0.3) is 4.96 Å². The maximum absolute atomic E-state index is 10.3. The molecule has 0 aliphatic carbocycles. The predicted octanol–water partition coefficient (Wildman–Crippen LogP) is 3.28. The minimum Gasteiger partial charge on any atom is -0.388 e.